The van der Waals surface area contributed by atoms with E-state index in [9.17, 15) is 18.8 Å². The maximum absolute atomic E-state index is 13.1. The molecule has 4 amide bonds. The fourth-order valence-electron chi connectivity index (χ4n) is 2.76. The molecule has 0 saturated carbocycles. The zero-order chi connectivity index (χ0) is 18.6. The van der Waals surface area contributed by atoms with Crippen LogP contribution in [-0.4, -0.2) is 41.9 Å². The number of hydrogen-bond donors (Lipinski definition) is 1. The molecule has 0 radical (unpaired) electrons. The van der Waals surface area contributed by atoms with Crippen molar-refractivity contribution in [3.05, 3.63) is 30.1 Å². The Balaban J connectivity index is 2.27. The number of rotatable bonds is 7. The third kappa shape index (κ3) is 4.35. The Morgan fingerprint density at radius 2 is 1.88 bits per heavy atom. The van der Waals surface area contributed by atoms with Gasteiger partial charge in [-0.1, -0.05) is 13.8 Å². The van der Waals surface area contributed by atoms with Crippen molar-refractivity contribution in [3.8, 4) is 0 Å². The molecule has 1 saturated heterocycles. The predicted octanol–water partition coefficient (Wildman–Crippen LogP) is 2.54. The monoisotopic (exact) mass is 349 g/mol. The van der Waals surface area contributed by atoms with Gasteiger partial charge in [0.1, 0.15) is 11.9 Å². The fraction of sp³-hybridized carbons (Fsp3) is 0.500. The Morgan fingerprint density at radius 3 is 2.44 bits per heavy atom. The second-order valence-electron chi connectivity index (χ2n) is 6.48. The molecule has 7 heteroatoms. The van der Waals surface area contributed by atoms with Gasteiger partial charge in [-0.05, 0) is 43.5 Å². The van der Waals surface area contributed by atoms with E-state index in [-0.39, 0.29) is 12.3 Å². The van der Waals surface area contributed by atoms with E-state index in [1.54, 1.807) is 6.92 Å². The van der Waals surface area contributed by atoms with Gasteiger partial charge in [0, 0.05) is 13.1 Å². The maximum Gasteiger partial charge on any atom is 0.332 e. The lowest BCUT2D eigenvalue weighted by Crippen LogP contribution is -2.40. The number of halogens is 1. The Morgan fingerprint density at radius 1 is 1.24 bits per heavy atom. The van der Waals surface area contributed by atoms with Crippen molar-refractivity contribution in [1.29, 1.82) is 0 Å². The minimum Gasteiger partial charge on any atom is -0.356 e. The second kappa shape index (κ2) is 8.09. The summed E-state index contributed by atoms with van der Waals surface area (Å²) < 4.78 is 13.1. The summed E-state index contributed by atoms with van der Waals surface area (Å²) in [5, 5.41) is 2.66. The number of amides is 4. The largest absolute Gasteiger partial charge is 0.356 e. The van der Waals surface area contributed by atoms with E-state index in [1.165, 1.54) is 29.2 Å². The topological polar surface area (TPSA) is 69.7 Å². The van der Waals surface area contributed by atoms with Crippen LogP contribution in [0.3, 0.4) is 0 Å². The summed E-state index contributed by atoms with van der Waals surface area (Å²) >= 11 is 0. The maximum atomic E-state index is 13.1. The molecule has 6 nitrogen and oxygen atoms in total. The van der Waals surface area contributed by atoms with Crippen LogP contribution < -0.4 is 10.2 Å². The first-order valence-corrected chi connectivity index (χ1v) is 8.52. The van der Waals surface area contributed by atoms with Crippen LogP contribution in [-0.2, 0) is 9.59 Å². The number of imide groups is 1. The van der Waals surface area contributed by atoms with Crippen molar-refractivity contribution < 1.29 is 18.8 Å². The molecule has 2 rings (SSSR count). The SMILES string of the molecule is CCNC(=O)C[C@H]1C(=O)N(c2ccc(F)cc2)C(=O)N1CCC(C)C. The van der Waals surface area contributed by atoms with Crippen LogP contribution in [0.2, 0.25) is 0 Å². The van der Waals surface area contributed by atoms with Crippen molar-refractivity contribution in [1.82, 2.24) is 10.2 Å². The number of nitrogens with zero attached hydrogens (tertiary/aromatic N) is 2. The first-order chi connectivity index (χ1) is 11.8. The van der Waals surface area contributed by atoms with Crippen LogP contribution in [0, 0.1) is 11.7 Å². The molecule has 1 N–H and O–H groups in total. The standard InChI is InChI=1S/C18H24FN3O3/c1-4-20-16(23)11-15-17(24)22(14-7-5-13(19)6-8-14)18(25)21(15)10-9-12(2)3/h5-8,12,15H,4,9-11H2,1-3H3,(H,20,23)/t15-/m0/s1. The minimum atomic E-state index is -0.831. The van der Waals surface area contributed by atoms with E-state index in [4.69, 9.17) is 0 Å². The van der Waals surface area contributed by atoms with Crippen molar-refractivity contribution in [3.63, 3.8) is 0 Å². The molecule has 1 atom stereocenters. The lowest BCUT2D eigenvalue weighted by atomic mass is 10.1. The first-order valence-electron chi connectivity index (χ1n) is 8.52. The molecular formula is C18H24FN3O3. The summed E-state index contributed by atoms with van der Waals surface area (Å²) in [5.74, 6) is -0.818. The zero-order valence-corrected chi connectivity index (χ0v) is 14.8. The van der Waals surface area contributed by atoms with E-state index in [0.29, 0.717) is 24.7 Å². The molecule has 0 bridgehead atoms. The van der Waals surface area contributed by atoms with Gasteiger partial charge in [-0.25, -0.2) is 14.1 Å². The minimum absolute atomic E-state index is 0.0752. The van der Waals surface area contributed by atoms with Crippen LogP contribution in [0.25, 0.3) is 0 Å². The van der Waals surface area contributed by atoms with Crippen LogP contribution in [0.15, 0.2) is 24.3 Å². The number of carbonyl (C=O) groups is 3. The molecule has 0 unspecified atom stereocenters. The number of urea groups is 1. The van der Waals surface area contributed by atoms with Gasteiger partial charge in [-0.2, -0.15) is 0 Å². The third-order valence-corrected chi connectivity index (χ3v) is 4.10. The third-order valence-electron chi connectivity index (χ3n) is 4.10. The average molecular weight is 349 g/mol. The van der Waals surface area contributed by atoms with Gasteiger partial charge in [0.05, 0.1) is 12.1 Å². The number of carbonyl (C=O) groups excluding carboxylic acids is 3. The van der Waals surface area contributed by atoms with Gasteiger partial charge in [-0.15, -0.1) is 0 Å². The molecule has 25 heavy (non-hydrogen) atoms. The quantitative estimate of drug-likeness (QED) is 0.769. The van der Waals surface area contributed by atoms with Gasteiger partial charge in [0.25, 0.3) is 5.91 Å². The van der Waals surface area contributed by atoms with Crippen LogP contribution in [0.5, 0.6) is 0 Å². The van der Waals surface area contributed by atoms with Crippen molar-refractivity contribution in [2.75, 3.05) is 18.0 Å². The Hall–Kier alpha value is -2.44. The highest BCUT2D eigenvalue weighted by molar-refractivity contribution is 6.22. The van der Waals surface area contributed by atoms with Gasteiger partial charge in [0.15, 0.2) is 0 Å². The predicted molar refractivity (Wildman–Crippen MR) is 92.5 cm³/mol. The summed E-state index contributed by atoms with van der Waals surface area (Å²) in [4.78, 5) is 40.0. The molecule has 1 fully saturated rings. The lowest BCUT2D eigenvalue weighted by molar-refractivity contribution is -0.127. The zero-order valence-electron chi connectivity index (χ0n) is 14.8. The van der Waals surface area contributed by atoms with Crippen molar-refractivity contribution in [2.24, 2.45) is 5.92 Å². The van der Waals surface area contributed by atoms with Gasteiger partial charge in [-0.3, -0.25) is 9.59 Å². The molecule has 0 spiro atoms. The number of hydrogen-bond acceptors (Lipinski definition) is 3. The Bertz CT molecular complexity index is 645. The van der Waals surface area contributed by atoms with Gasteiger partial charge < -0.3 is 10.2 Å². The van der Waals surface area contributed by atoms with E-state index in [0.717, 1.165) is 11.3 Å². The normalized spacial score (nSPS) is 17.6. The molecule has 0 aliphatic carbocycles. The Labute approximate surface area is 147 Å². The second-order valence-corrected chi connectivity index (χ2v) is 6.48. The number of anilines is 1. The van der Waals surface area contributed by atoms with Crippen LogP contribution in [0.4, 0.5) is 14.9 Å². The van der Waals surface area contributed by atoms with Gasteiger partial charge >= 0.3 is 6.03 Å². The van der Waals surface area contributed by atoms with Crippen LogP contribution in [0.1, 0.15) is 33.6 Å². The Kier molecular flexibility index (Phi) is 6.12. The highest BCUT2D eigenvalue weighted by Crippen LogP contribution is 2.27. The van der Waals surface area contributed by atoms with Gasteiger partial charge in [0.2, 0.25) is 5.91 Å². The highest BCUT2D eigenvalue weighted by Gasteiger charge is 2.46. The smallest absolute Gasteiger partial charge is 0.332 e. The molecule has 1 heterocycles. The summed E-state index contributed by atoms with van der Waals surface area (Å²) in [6.07, 6.45) is 0.649. The van der Waals surface area contributed by atoms with Crippen molar-refractivity contribution >= 4 is 23.5 Å². The number of nitrogens with one attached hydrogen (secondary N) is 1. The highest BCUT2D eigenvalue weighted by atomic mass is 19.1. The molecule has 136 valence electrons. The fourth-order valence-corrected chi connectivity index (χ4v) is 2.76. The van der Waals surface area contributed by atoms with E-state index in [2.05, 4.69) is 5.32 Å². The van der Waals surface area contributed by atoms with E-state index in [1.807, 2.05) is 13.8 Å². The lowest BCUT2D eigenvalue weighted by Gasteiger charge is -2.22. The molecule has 0 aromatic heterocycles. The summed E-state index contributed by atoms with van der Waals surface area (Å²) in [6.45, 7) is 6.70. The number of benzene rings is 1. The first kappa shape index (κ1) is 18.9. The molecule has 1 aromatic rings. The summed E-state index contributed by atoms with van der Waals surface area (Å²) in [5.41, 5.74) is 0.310. The molecule has 1 aliphatic rings. The van der Waals surface area contributed by atoms with Crippen LogP contribution >= 0.6 is 0 Å². The average Bonchev–Trinajstić information content (AvgIpc) is 2.77. The molecular weight excluding hydrogens is 325 g/mol. The summed E-state index contributed by atoms with van der Waals surface area (Å²) in [7, 11) is 0. The van der Waals surface area contributed by atoms with E-state index < -0.39 is 23.8 Å². The van der Waals surface area contributed by atoms with E-state index >= 15 is 0 Å². The molecule has 1 aliphatic heterocycles. The summed E-state index contributed by atoms with van der Waals surface area (Å²) in [6, 6.07) is 3.88. The van der Waals surface area contributed by atoms with Crippen molar-refractivity contribution in [2.45, 2.75) is 39.7 Å². The molecule has 1 aromatic carbocycles.